The number of halogens is 6. The summed E-state index contributed by atoms with van der Waals surface area (Å²) in [5.74, 6) is 2.64. The Morgan fingerprint density at radius 2 is 1.36 bits per heavy atom. The maximum absolute atomic E-state index is 11.4. The first-order valence-electron chi connectivity index (χ1n) is 8.59. The zero-order valence-electron chi connectivity index (χ0n) is 18.8. The summed E-state index contributed by atoms with van der Waals surface area (Å²) in [6.45, 7) is 21.1. The number of ether oxygens (including phenoxy) is 1. The van der Waals surface area contributed by atoms with E-state index >= 15 is 0 Å². The molecule has 5 nitrogen and oxygen atoms in total. The number of carbonyl (C=O) groups excluding carboxylic acids is 1. The van der Waals surface area contributed by atoms with Crippen LogP contribution >= 0.6 is 7.81 Å². The average molecular weight is 561 g/mol. The van der Waals surface area contributed by atoms with Crippen molar-refractivity contribution in [1.29, 1.82) is 0 Å². The zero-order valence-corrected chi connectivity index (χ0v) is 21.8. The largest absolute Gasteiger partial charge is 0.0767 e. The van der Waals surface area contributed by atoms with Crippen LogP contribution in [0.1, 0.15) is 20.8 Å². The monoisotopic (exact) mass is 561 g/mol. The molecule has 1 N–H and O–H groups in total. The van der Waals surface area contributed by atoms with E-state index in [-0.39, 0.29) is 12.5 Å². The predicted molar refractivity (Wildman–Crippen MR) is 114 cm³/mol. The van der Waals surface area contributed by atoms with E-state index in [4.69, 9.17) is 14.0 Å². The molecule has 0 heterocycles. The minimum absolute atomic E-state index is 0.108. The third kappa shape index (κ3) is 65.2. The third-order valence-electron chi connectivity index (χ3n) is 1.90. The van der Waals surface area contributed by atoms with Crippen molar-refractivity contribution in [2.75, 3.05) is 6.54 Å². The third-order valence-corrected chi connectivity index (χ3v) is 3.11. The molecular formula is C19H26F6FeNO4PSi. The topological polar surface area (TPSA) is 78.1 Å². The van der Waals surface area contributed by atoms with Crippen molar-refractivity contribution in [2.45, 2.75) is 46.0 Å². The summed E-state index contributed by atoms with van der Waals surface area (Å²) in [5, 5.41) is 2.86. The van der Waals surface area contributed by atoms with Gasteiger partial charge in [0.2, 0.25) is 0 Å². The molecule has 33 heavy (non-hydrogen) atoms. The molecule has 0 saturated carbocycles. The first-order chi connectivity index (χ1) is 14.4. The van der Waals surface area contributed by atoms with Gasteiger partial charge in [-0.25, -0.2) is 0 Å². The van der Waals surface area contributed by atoms with E-state index in [0.717, 1.165) is 0 Å². The van der Waals surface area contributed by atoms with Crippen LogP contribution < -0.4 is 5.32 Å². The maximum atomic E-state index is 11.4. The fraction of sp³-hybridized carbons (Fsp3) is 0.421. The number of hydrogen-bond acceptors (Lipinski definition) is 3. The Labute approximate surface area is 199 Å². The van der Waals surface area contributed by atoms with E-state index in [9.17, 15) is 30.0 Å². The van der Waals surface area contributed by atoms with Crippen LogP contribution in [0.5, 0.6) is 0 Å². The van der Waals surface area contributed by atoms with E-state index in [0.29, 0.717) is 4.54 Å². The van der Waals surface area contributed by atoms with Crippen molar-refractivity contribution in [1.82, 2.24) is 5.32 Å². The Hall–Kier alpha value is -1.43. The second-order valence-corrected chi connectivity index (χ2v) is 14.9. The smallest absolute Gasteiger partial charge is 0.00506 e. The van der Waals surface area contributed by atoms with Gasteiger partial charge in [0, 0.05) is 6.42 Å². The standard InChI is InChI=1S/C12H21NO2Si.C5H5.2CO.F6P.Fe/c1-12(2,3)15-11(14)10-13-8-7-9-16(4,5)6;1-2-4-5-3-1;2*1-2;1-7(2,3,4,5)6;/h13H,10H2,1-6H3;1-5H;;;;/q;;;;-1;+1. The Balaban J connectivity index is -0.000000214. The van der Waals surface area contributed by atoms with Gasteiger partial charge in [0.15, 0.2) is 0 Å². The molecule has 1 radical (unpaired) electrons. The Bertz CT molecular complexity index is 757. The number of rotatable bonds is 3. The minimum atomic E-state index is -10.7. The van der Waals surface area contributed by atoms with Gasteiger partial charge in [-0.15, -0.1) is 0 Å². The Morgan fingerprint density at radius 1 is 1.00 bits per heavy atom. The maximum Gasteiger partial charge on any atom is 0.00506 e. The molecule has 190 valence electrons. The van der Waals surface area contributed by atoms with Gasteiger partial charge in [-0.05, 0) is 0 Å². The summed E-state index contributed by atoms with van der Waals surface area (Å²) in [6.07, 6.45) is 10.0. The van der Waals surface area contributed by atoms with Crippen LogP contribution in [-0.4, -0.2) is 30.7 Å². The fourth-order valence-electron chi connectivity index (χ4n) is 1.13. The van der Waals surface area contributed by atoms with Crippen molar-refractivity contribution < 1.29 is 59.6 Å². The number of esters is 1. The normalized spacial score (nSPS) is 13.6. The van der Waals surface area contributed by atoms with E-state index in [1.165, 1.54) is 0 Å². The fourth-order valence-corrected chi connectivity index (χ4v) is 1.92. The summed E-state index contributed by atoms with van der Waals surface area (Å²) >= 11 is 3.76. The van der Waals surface area contributed by atoms with Crippen molar-refractivity contribution in [3.8, 4) is 11.5 Å². The van der Waals surface area contributed by atoms with Crippen LogP contribution in [0, 0.1) is 31.2 Å². The number of hydrogen-bond donors (Lipinski definition) is 1. The van der Waals surface area contributed by atoms with Gasteiger partial charge >= 0.3 is 169 Å². The molecule has 0 unspecified atom stereocenters. The molecule has 0 bridgehead atoms. The molecule has 14 heteroatoms. The molecule has 0 aromatic rings. The summed E-state index contributed by atoms with van der Waals surface area (Å²) in [7, 11) is -12.0. The van der Waals surface area contributed by atoms with Gasteiger partial charge in [0.25, 0.3) is 0 Å². The van der Waals surface area contributed by atoms with Crippen molar-refractivity contribution >= 4 is 26.4 Å². The van der Waals surface area contributed by atoms with Crippen molar-refractivity contribution in [3.05, 3.63) is 44.0 Å². The van der Waals surface area contributed by atoms with Crippen LogP contribution in [0.4, 0.5) is 25.2 Å². The Kier molecular flexibility index (Phi) is 18.2. The number of carbonyl (C=O) groups is 1. The summed E-state index contributed by atoms with van der Waals surface area (Å²) in [6, 6.07) is 0. The van der Waals surface area contributed by atoms with Crippen molar-refractivity contribution in [3.63, 3.8) is 0 Å². The molecule has 0 atom stereocenters. The van der Waals surface area contributed by atoms with Crippen LogP contribution in [0.25, 0.3) is 0 Å². The second kappa shape index (κ2) is 15.5. The molecular weight excluding hydrogens is 535 g/mol. The van der Waals surface area contributed by atoms with Crippen LogP contribution in [0.3, 0.4) is 0 Å². The SMILES string of the molecule is CC(C)(C)OC(=O)CN[C](=[Fe+])C#C[Si](C)(C)C.F[P-](F)(F)(F)(F)F.[C-]#[O+].[C-]#[O+].[CH]1C=CC=C1. The molecule has 1 aliphatic rings. The van der Waals surface area contributed by atoms with Gasteiger partial charge in [-0.1, -0.05) is 24.3 Å². The van der Waals surface area contributed by atoms with Crippen LogP contribution in [0.15, 0.2) is 24.3 Å². The predicted octanol–water partition coefficient (Wildman–Crippen LogP) is 6.10. The second-order valence-electron chi connectivity index (χ2n) is 7.66. The van der Waals surface area contributed by atoms with E-state index in [1.54, 1.807) is 0 Å². The molecule has 0 aliphatic heterocycles. The number of nitrogens with one attached hydrogen (secondary N) is 1. The summed E-state index contributed by atoms with van der Waals surface area (Å²) < 4.78 is 79.9. The van der Waals surface area contributed by atoms with Gasteiger partial charge < -0.3 is 0 Å². The molecule has 0 fully saturated rings. The molecule has 0 aromatic carbocycles. The van der Waals surface area contributed by atoms with Crippen LogP contribution in [-0.2, 0) is 34.4 Å². The Morgan fingerprint density at radius 3 is 1.61 bits per heavy atom. The molecule has 1 aliphatic carbocycles. The van der Waals surface area contributed by atoms with Gasteiger partial charge in [-0.3, -0.25) is 0 Å². The molecule has 0 amide bonds. The summed E-state index contributed by atoms with van der Waals surface area (Å²) in [5.41, 5.74) is 2.71. The summed E-state index contributed by atoms with van der Waals surface area (Å²) in [4.78, 5) is 11.4. The van der Waals surface area contributed by atoms with Gasteiger partial charge in [0.05, 0.1) is 0 Å². The van der Waals surface area contributed by atoms with E-state index < -0.39 is 21.5 Å². The molecule has 0 spiro atoms. The first kappa shape index (κ1) is 38.8. The van der Waals surface area contributed by atoms with Gasteiger partial charge in [0.1, 0.15) is 0 Å². The number of allylic oxidation sites excluding steroid dienone is 4. The molecule has 0 aromatic heterocycles. The van der Waals surface area contributed by atoms with Crippen molar-refractivity contribution in [2.24, 2.45) is 0 Å². The van der Waals surface area contributed by atoms with Crippen LogP contribution in [0.2, 0.25) is 19.6 Å². The quantitative estimate of drug-likeness (QED) is 0.0861. The van der Waals surface area contributed by atoms with E-state index in [2.05, 4.69) is 65.3 Å². The first-order valence-corrected chi connectivity index (χ1v) is 14.7. The van der Waals surface area contributed by atoms with Gasteiger partial charge in [-0.2, -0.15) is 0 Å². The average Bonchev–Trinajstić information content (AvgIpc) is 3.17. The minimum Gasteiger partial charge on any atom is -0.0767 e. The zero-order chi connectivity index (χ0) is 27.6. The van der Waals surface area contributed by atoms with E-state index in [1.807, 2.05) is 51.5 Å². The molecule has 1 rings (SSSR count). The molecule has 0 saturated heterocycles.